The number of hydrogen-bond acceptors (Lipinski definition) is 11. The predicted octanol–water partition coefficient (Wildman–Crippen LogP) is 5.76. The SMILES string of the molecule is COC(=O)CC(C(=O)OC1CC(C)(C)N(C)C(C)(C)C1)C(CC(=O)OC1CC(C)(C)N(C)C(C)(C)C1)C(=O)OC1CC(C)(C)N(C)C(C)(C)C1. The molecule has 0 radical (unpaired) electrons. The van der Waals surface area contributed by atoms with E-state index in [0.29, 0.717) is 38.5 Å². The van der Waals surface area contributed by atoms with Gasteiger partial charge in [-0.2, -0.15) is 0 Å². The van der Waals surface area contributed by atoms with E-state index in [4.69, 9.17) is 18.9 Å². The zero-order valence-corrected chi connectivity index (χ0v) is 34.2. The van der Waals surface area contributed by atoms with Gasteiger partial charge in [0.1, 0.15) is 18.3 Å². The second-order valence-electron chi connectivity index (χ2n) is 19.2. The van der Waals surface area contributed by atoms with Crippen LogP contribution in [0.2, 0.25) is 0 Å². The summed E-state index contributed by atoms with van der Waals surface area (Å²) < 4.78 is 23.5. The molecule has 288 valence electrons. The van der Waals surface area contributed by atoms with Crippen molar-refractivity contribution in [3.63, 3.8) is 0 Å². The lowest BCUT2D eigenvalue weighted by Crippen LogP contribution is -2.61. The van der Waals surface area contributed by atoms with Crippen LogP contribution in [0.15, 0.2) is 0 Å². The molecule has 0 aromatic carbocycles. The Bertz CT molecular complexity index is 1220. The number of rotatable bonds is 10. The fraction of sp³-hybridized carbons (Fsp3) is 0.897. The molecule has 0 amide bonds. The highest BCUT2D eigenvalue weighted by molar-refractivity contribution is 5.88. The minimum Gasteiger partial charge on any atom is -0.469 e. The second kappa shape index (κ2) is 14.6. The molecule has 3 fully saturated rings. The molecule has 3 aliphatic heterocycles. The molecule has 50 heavy (non-hydrogen) atoms. The van der Waals surface area contributed by atoms with E-state index in [0.717, 1.165) is 0 Å². The van der Waals surface area contributed by atoms with Crippen LogP contribution in [0.25, 0.3) is 0 Å². The number of carbonyl (C=O) groups is 4. The standard InChI is InChI=1S/C39H69N3O8/c1-34(2)19-25(20-35(3,4)40(34)13)48-31(44)18-29(33(46)50-27-23-38(9,10)42(15)39(11,12)24-27)28(17-30(43)47-16)32(45)49-26-21-36(5,6)41(14)37(7,8)22-26/h25-29H,17-24H2,1-16H3. The van der Waals surface area contributed by atoms with E-state index in [1.807, 2.05) is 0 Å². The van der Waals surface area contributed by atoms with E-state index in [1.165, 1.54) is 7.11 Å². The van der Waals surface area contributed by atoms with Gasteiger partial charge in [-0.3, -0.25) is 33.9 Å². The zero-order valence-electron chi connectivity index (χ0n) is 34.2. The first-order chi connectivity index (χ1) is 22.5. The topological polar surface area (TPSA) is 115 Å². The Labute approximate surface area is 302 Å². The molecule has 2 unspecified atom stereocenters. The highest BCUT2D eigenvalue weighted by Gasteiger charge is 2.50. The Balaban J connectivity index is 1.95. The Morgan fingerprint density at radius 2 is 0.720 bits per heavy atom. The summed E-state index contributed by atoms with van der Waals surface area (Å²) in [6.07, 6.45) is 1.37. The smallest absolute Gasteiger partial charge is 0.310 e. The zero-order chi connectivity index (χ0) is 38.4. The predicted molar refractivity (Wildman–Crippen MR) is 193 cm³/mol. The monoisotopic (exact) mass is 708 g/mol. The van der Waals surface area contributed by atoms with Crippen LogP contribution < -0.4 is 0 Å². The molecule has 0 aromatic rings. The largest absolute Gasteiger partial charge is 0.469 e. The van der Waals surface area contributed by atoms with Crippen LogP contribution in [-0.4, -0.2) is 118 Å². The van der Waals surface area contributed by atoms with Crippen molar-refractivity contribution in [2.75, 3.05) is 28.3 Å². The normalized spacial score (nSPS) is 26.7. The first-order valence-electron chi connectivity index (χ1n) is 18.4. The molecule has 3 aliphatic rings. The van der Waals surface area contributed by atoms with Gasteiger partial charge in [0.25, 0.3) is 0 Å². The molecule has 0 N–H and O–H groups in total. The van der Waals surface area contributed by atoms with E-state index < -0.39 is 60.8 Å². The summed E-state index contributed by atoms with van der Waals surface area (Å²) in [6.45, 7) is 25.3. The lowest BCUT2D eigenvalue weighted by Gasteiger charge is -2.53. The van der Waals surface area contributed by atoms with Crippen molar-refractivity contribution in [1.82, 2.24) is 14.7 Å². The van der Waals surface area contributed by atoms with Gasteiger partial charge in [0.15, 0.2) is 0 Å². The van der Waals surface area contributed by atoms with Gasteiger partial charge in [0, 0.05) is 71.8 Å². The van der Waals surface area contributed by atoms with Gasteiger partial charge in [-0.05, 0) is 104 Å². The van der Waals surface area contributed by atoms with Gasteiger partial charge < -0.3 is 18.9 Å². The van der Waals surface area contributed by atoms with E-state index in [9.17, 15) is 19.2 Å². The lowest BCUT2D eigenvalue weighted by molar-refractivity contribution is -0.181. The number of hydrogen-bond donors (Lipinski definition) is 0. The first-order valence-corrected chi connectivity index (χ1v) is 18.4. The van der Waals surface area contributed by atoms with Crippen molar-refractivity contribution < 1.29 is 38.1 Å². The maximum atomic E-state index is 14.3. The van der Waals surface area contributed by atoms with E-state index in [1.54, 1.807) is 0 Å². The molecule has 0 aromatic heterocycles. The Morgan fingerprint density at radius 1 is 0.480 bits per heavy atom. The van der Waals surface area contributed by atoms with Gasteiger partial charge in [0.2, 0.25) is 0 Å². The quantitative estimate of drug-likeness (QED) is 0.204. The summed E-state index contributed by atoms with van der Waals surface area (Å²) in [6, 6.07) is 0. The third kappa shape index (κ3) is 9.59. The lowest BCUT2D eigenvalue weighted by atomic mass is 9.78. The molecular formula is C39H69N3O8. The molecule has 11 nitrogen and oxygen atoms in total. The highest BCUT2D eigenvalue weighted by Crippen LogP contribution is 2.42. The maximum absolute atomic E-state index is 14.3. The summed E-state index contributed by atoms with van der Waals surface area (Å²) in [7, 11) is 7.44. The molecular weight excluding hydrogens is 638 g/mol. The minimum absolute atomic E-state index is 0.231. The number of carbonyl (C=O) groups excluding carboxylic acids is 4. The fourth-order valence-corrected chi connectivity index (χ4v) is 9.05. The van der Waals surface area contributed by atoms with Gasteiger partial charge in [-0.1, -0.05) is 0 Å². The molecule has 0 saturated carbocycles. The van der Waals surface area contributed by atoms with Crippen LogP contribution in [0, 0.1) is 11.8 Å². The van der Waals surface area contributed by atoms with Crippen LogP contribution >= 0.6 is 0 Å². The van der Waals surface area contributed by atoms with Crippen molar-refractivity contribution in [2.24, 2.45) is 11.8 Å². The van der Waals surface area contributed by atoms with Gasteiger partial charge in [-0.25, -0.2) is 0 Å². The maximum Gasteiger partial charge on any atom is 0.310 e. The average molecular weight is 708 g/mol. The summed E-state index contributed by atoms with van der Waals surface area (Å²) in [4.78, 5) is 62.1. The summed E-state index contributed by atoms with van der Waals surface area (Å²) in [5.74, 6) is -5.31. The van der Waals surface area contributed by atoms with Crippen molar-refractivity contribution in [3.05, 3.63) is 0 Å². The molecule has 0 aliphatic carbocycles. The van der Waals surface area contributed by atoms with Crippen molar-refractivity contribution in [1.29, 1.82) is 0 Å². The van der Waals surface area contributed by atoms with Crippen LogP contribution in [0.3, 0.4) is 0 Å². The van der Waals surface area contributed by atoms with Crippen LogP contribution in [0.1, 0.15) is 134 Å². The molecule has 3 saturated heterocycles. The second-order valence-corrected chi connectivity index (χ2v) is 19.2. The van der Waals surface area contributed by atoms with Crippen LogP contribution in [0.5, 0.6) is 0 Å². The summed E-state index contributed by atoms with van der Waals surface area (Å²) in [5, 5.41) is 0. The number of piperidine rings is 3. The average Bonchev–Trinajstić information content (AvgIpc) is 2.93. The molecule has 11 heteroatoms. The van der Waals surface area contributed by atoms with E-state index >= 15 is 0 Å². The molecule has 3 rings (SSSR count). The van der Waals surface area contributed by atoms with Crippen molar-refractivity contribution >= 4 is 23.9 Å². The number of esters is 4. The Kier molecular flexibility index (Phi) is 12.4. The van der Waals surface area contributed by atoms with Crippen molar-refractivity contribution in [2.45, 2.75) is 186 Å². The molecule has 2 atom stereocenters. The Morgan fingerprint density at radius 3 is 0.980 bits per heavy atom. The number of nitrogens with zero attached hydrogens (tertiary/aromatic N) is 3. The van der Waals surface area contributed by atoms with Crippen LogP contribution in [0.4, 0.5) is 0 Å². The van der Waals surface area contributed by atoms with Gasteiger partial charge >= 0.3 is 23.9 Å². The third-order valence-corrected chi connectivity index (χ3v) is 12.8. The minimum atomic E-state index is -1.31. The van der Waals surface area contributed by atoms with E-state index in [-0.39, 0.29) is 39.3 Å². The number of methoxy groups -OCH3 is 1. The molecule has 3 heterocycles. The van der Waals surface area contributed by atoms with E-state index in [2.05, 4.69) is 119 Å². The summed E-state index contributed by atoms with van der Waals surface area (Å²) >= 11 is 0. The van der Waals surface area contributed by atoms with Gasteiger partial charge in [-0.15, -0.1) is 0 Å². The number of ether oxygens (including phenoxy) is 4. The molecule has 0 bridgehead atoms. The summed E-state index contributed by atoms with van der Waals surface area (Å²) in [5.41, 5.74) is -1.54. The molecule has 0 spiro atoms. The van der Waals surface area contributed by atoms with Gasteiger partial charge in [0.05, 0.1) is 31.8 Å². The highest BCUT2D eigenvalue weighted by atomic mass is 16.6. The fourth-order valence-electron chi connectivity index (χ4n) is 9.05. The number of likely N-dealkylation sites (tertiary alicyclic amines) is 3. The Hall–Kier alpha value is -2.24. The van der Waals surface area contributed by atoms with Crippen molar-refractivity contribution in [3.8, 4) is 0 Å². The van der Waals surface area contributed by atoms with Crippen LogP contribution in [-0.2, 0) is 38.1 Å². The first kappa shape index (κ1) is 42.2. The third-order valence-electron chi connectivity index (χ3n) is 12.8.